The summed E-state index contributed by atoms with van der Waals surface area (Å²) in [5.74, 6) is 0.454. The number of halogens is 3. The number of alkyl halides is 3. The molecular weight excluding hydrogens is 279 g/mol. The minimum absolute atomic E-state index is 0.131. The van der Waals surface area contributed by atoms with Crippen LogP contribution in [0.2, 0.25) is 0 Å². The molecule has 0 atom stereocenters. The molecule has 1 aliphatic rings. The highest BCUT2D eigenvalue weighted by molar-refractivity contribution is 5.48. The van der Waals surface area contributed by atoms with E-state index < -0.39 is 11.9 Å². The number of benzene rings is 1. The van der Waals surface area contributed by atoms with E-state index in [9.17, 15) is 13.2 Å². The zero-order valence-corrected chi connectivity index (χ0v) is 11.7. The lowest BCUT2D eigenvalue weighted by atomic mass is 10.1. The number of fused-ring (bicyclic) bond motifs is 1. The smallest absolute Gasteiger partial charge is 0.348 e. The van der Waals surface area contributed by atoms with Crippen LogP contribution in [0.1, 0.15) is 28.2 Å². The molecule has 6 heteroatoms. The standard InChI is InChI=1S/C15H14F3N3/c1-9-3-4-11-7-21(8-12(11)5-9)14-6-13(15(16,17)18)19-10(2)20-14/h3-6H,7-8H2,1-2H3. The van der Waals surface area contributed by atoms with Gasteiger partial charge in [-0.25, -0.2) is 9.97 Å². The fourth-order valence-corrected chi connectivity index (χ4v) is 2.54. The molecule has 0 fully saturated rings. The summed E-state index contributed by atoms with van der Waals surface area (Å²) in [7, 11) is 0. The van der Waals surface area contributed by atoms with Crippen LogP contribution >= 0.6 is 0 Å². The van der Waals surface area contributed by atoms with Crippen molar-refractivity contribution in [2.24, 2.45) is 0 Å². The predicted octanol–water partition coefficient (Wildman–Crippen LogP) is 3.63. The van der Waals surface area contributed by atoms with Gasteiger partial charge in [-0.05, 0) is 25.0 Å². The minimum atomic E-state index is -4.45. The van der Waals surface area contributed by atoms with Gasteiger partial charge in [0, 0.05) is 19.2 Å². The summed E-state index contributed by atoms with van der Waals surface area (Å²) in [5.41, 5.74) is 2.52. The first-order chi connectivity index (χ1) is 9.83. The first-order valence-corrected chi connectivity index (χ1v) is 6.59. The van der Waals surface area contributed by atoms with E-state index in [1.165, 1.54) is 6.92 Å². The monoisotopic (exact) mass is 293 g/mol. The minimum Gasteiger partial charge on any atom is -0.348 e. The quantitative estimate of drug-likeness (QED) is 0.804. The van der Waals surface area contributed by atoms with Crippen molar-refractivity contribution in [1.29, 1.82) is 0 Å². The molecule has 3 nitrogen and oxygen atoms in total. The molecule has 3 rings (SSSR count). The Morgan fingerprint density at radius 1 is 1.00 bits per heavy atom. The molecule has 110 valence electrons. The third-order valence-electron chi connectivity index (χ3n) is 3.52. The van der Waals surface area contributed by atoms with E-state index in [1.807, 2.05) is 24.0 Å². The van der Waals surface area contributed by atoms with E-state index in [-0.39, 0.29) is 5.82 Å². The van der Waals surface area contributed by atoms with Gasteiger partial charge >= 0.3 is 6.18 Å². The Morgan fingerprint density at radius 2 is 1.71 bits per heavy atom. The first-order valence-electron chi connectivity index (χ1n) is 6.59. The predicted molar refractivity (Wildman–Crippen MR) is 72.8 cm³/mol. The number of aryl methyl sites for hydroxylation is 2. The molecule has 0 saturated carbocycles. The van der Waals surface area contributed by atoms with E-state index >= 15 is 0 Å². The number of rotatable bonds is 1. The van der Waals surface area contributed by atoms with Gasteiger partial charge in [-0.15, -0.1) is 0 Å². The van der Waals surface area contributed by atoms with E-state index in [4.69, 9.17) is 0 Å². The van der Waals surface area contributed by atoms with Gasteiger partial charge in [0.1, 0.15) is 17.3 Å². The number of hydrogen-bond donors (Lipinski definition) is 0. The zero-order valence-electron chi connectivity index (χ0n) is 11.7. The molecule has 21 heavy (non-hydrogen) atoms. The van der Waals surface area contributed by atoms with Crippen molar-refractivity contribution < 1.29 is 13.2 Å². The van der Waals surface area contributed by atoms with Crippen molar-refractivity contribution in [2.75, 3.05) is 4.90 Å². The molecule has 0 bridgehead atoms. The van der Waals surface area contributed by atoms with Gasteiger partial charge in [0.2, 0.25) is 0 Å². The molecular formula is C15H14F3N3. The molecule has 0 unspecified atom stereocenters. The lowest BCUT2D eigenvalue weighted by Gasteiger charge is -2.18. The van der Waals surface area contributed by atoms with Crippen molar-refractivity contribution in [1.82, 2.24) is 9.97 Å². The van der Waals surface area contributed by atoms with E-state index in [0.717, 1.165) is 22.8 Å². The maximum Gasteiger partial charge on any atom is 0.433 e. The summed E-state index contributed by atoms with van der Waals surface area (Å²) in [4.78, 5) is 9.47. The van der Waals surface area contributed by atoms with Crippen LogP contribution in [-0.4, -0.2) is 9.97 Å². The summed E-state index contributed by atoms with van der Waals surface area (Å²) in [6.07, 6.45) is -4.45. The van der Waals surface area contributed by atoms with Crippen LogP contribution < -0.4 is 4.90 Å². The van der Waals surface area contributed by atoms with Crippen LogP contribution in [-0.2, 0) is 19.3 Å². The summed E-state index contributed by atoms with van der Waals surface area (Å²) in [5, 5.41) is 0. The Hall–Kier alpha value is -2.11. The molecule has 0 amide bonds. The molecule has 0 spiro atoms. The second-order valence-corrected chi connectivity index (χ2v) is 5.28. The average Bonchev–Trinajstić information content (AvgIpc) is 2.80. The van der Waals surface area contributed by atoms with Crippen LogP contribution in [0.5, 0.6) is 0 Å². The Balaban J connectivity index is 1.95. The van der Waals surface area contributed by atoms with E-state index in [0.29, 0.717) is 18.9 Å². The Labute approximate surface area is 120 Å². The highest BCUT2D eigenvalue weighted by atomic mass is 19.4. The molecule has 1 aliphatic heterocycles. The summed E-state index contributed by atoms with van der Waals surface area (Å²) in [6.45, 7) is 4.62. The summed E-state index contributed by atoms with van der Waals surface area (Å²) < 4.78 is 38.5. The second-order valence-electron chi connectivity index (χ2n) is 5.28. The molecule has 0 radical (unpaired) electrons. The zero-order chi connectivity index (χ0) is 15.2. The van der Waals surface area contributed by atoms with E-state index in [1.54, 1.807) is 0 Å². The van der Waals surface area contributed by atoms with Crippen LogP contribution in [0.25, 0.3) is 0 Å². The van der Waals surface area contributed by atoms with Crippen LogP contribution in [0, 0.1) is 13.8 Å². The summed E-state index contributed by atoms with van der Waals surface area (Å²) >= 11 is 0. The molecule has 0 aliphatic carbocycles. The Kier molecular flexibility index (Phi) is 3.11. The van der Waals surface area contributed by atoms with Crippen molar-refractivity contribution in [3.63, 3.8) is 0 Å². The van der Waals surface area contributed by atoms with Gasteiger partial charge in [0.25, 0.3) is 0 Å². The molecule has 2 heterocycles. The van der Waals surface area contributed by atoms with Crippen LogP contribution in [0.3, 0.4) is 0 Å². The molecule has 1 aromatic carbocycles. The maximum absolute atomic E-state index is 12.8. The number of hydrogen-bond acceptors (Lipinski definition) is 3. The van der Waals surface area contributed by atoms with Gasteiger partial charge in [-0.2, -0.15) is 13.2 Å². The molecule has 0 saturated heterocycles. The van der Waals surface area contributed by atoms with Crippen molar-refractivity contribution in [2.45, 2.75) is 33.1 Å². The van der Waals surface area contributed by atoms with Crippen LogP contribution in [0.4, 0.5) is 19.0 Å². The molecule has 1 aromatic heterocycles. The van der Waals surface area contributed by atoms with Gasteiger partial charge in [-0.1, -0.05) is 23.8 Å². The Morgan fingerprint density at radius 3 is 2.43 bits per heavy atom. The average molecular weight is 293 g/mol. The highest BCUT2D eigenvalue weighted by Gasteiger charge is 2.34. The van der Waals surface area contributed by atoms with Crippen LogP contribution in [0.15, 0.2) is 24.3 Å². The third kappa shape index (κ3) is 2.70. The SMILES string of the molecule is Cc1ccc2c(c1)CN(c1cc(C(F)(F)F)nc(C)n1)C2. The van der Waals surface area contributed by atoms with Gasteiger partial charge in [0.05, 0.1) is 0 Å². The maximum atomic E-state index is 12.8. The largest absolute Gasteiger partial charge is 0.433 e. The number of aromatic nitrogens is 2. The summed E-state index contributed by atoms with van der Waals surface area (Å²) in [6, 6.07) is 7.11. The number of anilines is 1. The molecule has 0 N–H and O–H groups in total. The third-order valence-corrected chi connectivity index (χ3v) is 3.52. The van der Waals surface area contributed by atoms with E-state index in [2.05, 4.69) is 16.0 Å². The number of nitrogens with zero attached hydrogens (tertiary/aromatic N) is 3. The van der Waals surface area contributed by atoms with Gasteiger partial charge in [-0.3, -0.25) is 0 Å². The highest BCUT2D eigenvalue weighted by Crippen LogP contribution is 2.32. The second kappa shape index (κ2) is 4.72. The lowest BCUT2D eigenvalue weighted by Crippen LogP contribution is -2.19. The topological polar surface area (TPSA) is 29.0 Å². The Bertz CT molecular complexity index is 695. The van der Waals surface area contributed by atoms with Crippen molar-refractivity contribution in [3.8, 4) is 0 Å². The fraction of sp³-hybridized carbons (Fsp3) is 0.333. The fourth-order valence-electron chi connectivity index (χ4n) is 2.54. The first kappa shape index (κ1) is 13.9. The normalized spacial score (nSPS) is 14.4. The van der Waals surface area contributed by atoms with Gasteiger partial charge in [0.15, 0.2) is 0 Å². The van der Waals surface area contributed by atoms with Gasteiger partial charge < -0.3 is 4.90 Å². The van der Waals surface area contributed by atoms with Crippen molar-refractivity contribution in [3.05, 3.63) is 52.5 Å². The van der Waals surface area contributed by atoms with Crippen molar-refractivity contribution >= 4 is 5.82 Å². The lowest BCUT2D eigenvalue weighted by molar-refractivity contribution is -0.141. The molecule has 2 aromatic rings.